The highest BCUT2D eigenvalue weighted by molar-refractivity contribution is 6.07. The summed E-state index contributed by atoms with van der Waals surface area (Å²) in [6.07, 6.45) is 12.5. The third-order valence-corrected chi connectivity index (χ3v) is 7.04. The molecule has 0 radical (unpaired) electrons. The van der Waals surface area contributed by atoms with Crippen molar-refractivity contribution < 1.29 is 14.3 Å². The van der Waals surface area contributed by atoms with Crippen LogP contribution in [-0.4, -0.2) is 44.2 Å². The van der Waals surface area contributed by atoms with Crippen LogP contribution >= 0.6 is 0 Å². The molecule has 0 saturated carbocycles. The molecule has 1 amide bonds. The van der Waals surface area contributed by atoms with Gasteiger partial charge in [0, 0.05) is 29.9 Å². The van der Waals surface area contributed by atoms with E-state index < -0.39 is 0 Å². The van der Waals surface area contributed by atoms with Crippen molar-refractivity contribution >= 4 is 11.6 Å². The van der Waals surface area contributed by atoms with Crippen molar-refractivity contribution in [3.05, 3.63) is 77.9 Å². The molecule has 0 aromatic heterocycles. The summed E-state index contributed by atoms with van der Waals surface area (Å²) in [5.41, 5.74) is 2.87. The molecule has 2 heterocycles. The number of fused-ring (bicyclic) bond motifs is 2. The van der Waals surface area contributed by atoms with Gasteiger partial charge in [-0.15, -0.1) is 0 Å². The maximum atomic E-state index is 13.5. The molecule has 166 valence electrons. The zero-order chi connectivity index (χ0) is 22.1. The highest BCUT2D eigenvalue weighted by Crippen LogP contribution is 2.42. The predicted octanol–water partition coefficient (Wildman–Crippen LogP) is 5.00. The second-order valence-electron chi connectivity index (χ2n) is 8.69. The Kier molecular flexibility index (Phi) is 5.75. The highest BCUT2D eigenvalue weighted by Gasteiger charge is 2.38. The lowest BCUT2D eigenvalue weighted by molar-refractivity contribution is 0.0838. The van der Waals surface area contributed by atoms with E-state index >= 15 is 0 Å². The van der Waals surface area contributed by atoms with Crippen LogP contribution in [0.25, 0.3) is 0 Å². The molecule has 2 aromatic carbocycles. The van der Waals surface area contributed by atoms with Crippen molar-refractivity contribution in [2.24, 2.45) is 5.92 Å². The van der Waals surface area contributed by atoms with E-state index in [1.165, 1.54) is 18.4 Å². The van der Waals surface area contributed by atoms with E-state index in [1.54, 1.807) is 26.4 Å². The summed E-state index contributed by atoms with van der Waals surface area (Å²) in [4.78, 5) is 18.1. The number of piperidine rings is 1. The van der Waals surface area contributed by atoms with Gasteiger partial charge in [-0.3, -0.25) is 9.69 Å². The lowest BCUT2D eigenvalue weighted by Gasteiger charge is -2.47. The molecular weight excluding hydrogens is 400 g/mol. The Morgan fingerprint density at radius 3 is 2.59 bits per heavy atom. The van der Waals surface area contributed by atoms with Crippen LogP contribution in [0, 0.1) is 5.92 Å². The summed E-state index contributed by atoms with van der Waals surface area (Å²) in [6, 6.07) is 14.5. The van der Waals surface area contributed by atoms with Crippen molar-refractivity contribution in [2.75, 3.05) is 32.2 Å². The molecule has 1 aliphatic carbocycles. The molecule has 3 atom stereocenters. The Balaban J connectivity index is 1.46. The molecule has 2 aromatic rings. The first-order chi connectivity index (χ1) is 15.7. The summed E-state index contributed by atoms with van der Waals surface area (Å²) in [7, 11) is 3.19. The van der Waals surface area contributed by atoms with Crippen LogP contribution in [0.2, 0.25) is 0 Å². The zero-order valence-electron chi connectivity index (χ0n) is 18.7. The third kappa shape index (κ3) is 3.61. The molecule has 0 spiro atoms. The summed E-state index contributed by atoms with van der Waals surface area (Å²) in [5, 5.41) is 0. The van der Waals surface area contributed by atoms with Gasteiger partial charge in [-0.25, -0.2) is 0 Å². The van der Waals surface area contributed by atoms with Crippen LogP contribution in [0.5, 0.6) is 11.5 Å². The molecule has 5 rings (SSSR count). The van der Waals surface area contributed by atoms with Gasteiger partial charge in [0.15, 0.2) is 11.5 Å². The van der Waals surface area contributed by atoms with E-state index in [0.717, 1.165) is 18.7 Å². The van der Waals surface area contributed by atoms with Crippen LogP contribution < -0.4 is 14.4 Å². The Morgan fingerprint density at radius 1 is 0.938 bits per heavy atom. The molecule has 1 fully saturated rings. The summed E-state index contributed by atoms with van der Waals surface area (Å²) >= 11 is 0. The molecule has 5 nitrogen and oxygen atoms in total. The molecule has 1 saturated heterocycles. The number of carbonyl (C=O) groups excluding carboxylic acids is 1. The second-order valence-corrected chi connectivity index (χ2v) is 8.69. The van der Waals surface area contributed by atoms with Crippen molar-refractivity contribution in [1.29, 1.82) is 0 Å². The second kappa shape index (κ2) is 8.83. The minimum Gasteiger partial charge on any atom is -0.493 e. The lowest BCUT2D eigenvalue weighted by atomic mass is 9.83. The van der Waals surface area contributed by atoms with Crippen LogP contribution in [0.1, 0.15) is 41.2 Å². The summed E-state index contributed by atoms with van der Waals surface area (Å²) in [6.45, 7) is 1.80. The number of benzene rings is 2. The minimum atomic E-state index is -0.00568. The molecule has 0 N–H and O–H groups in total. The van der Waals surface area contributed by atoms with Crippen molar-refractivity contribution in [3.8, 4) is 11.5 Å². The molecule has 5 heteroatoms. The number of allylic oxidation sites excluding steroid dienone is 2. The number of nitrogens with zero attached hydrogens (tertiary/aromatic N) is 2. The smallest absolute Gasteiger partial charge is 0.258 e. The first-order valence-corrected chi connectivity index (χ1v) is 11.4. The van der Waals surface area contributed by atoms with E-state index in [9.17, 15) is 4.79 Å². The van der Waals surface area contributed by atoms with Crippen molar-refractivity contribution in [3.63, 3.8) is 0 Å². The zero-order valence-corrected chi connectivity index (χ0v) is 18.7. The van der Waals surface area contributed by atoms with Crippen LogP contribution in [0.3, 0.4) is 0 Å². The number of hydrogen-bond donors (Lipinski definition) is 0. The Morgan fingerprint density at radius 2 is 1.75 bits per heavy atom. The van der Waals surface area contributed by atoms with Crippen LogP contribution in [0.4, 0.5) is 5.69 Å². The van der Waals surface area contributed by atoms with Gasteiger partial charge in [0.1, 0.15) is 0 Å². The number of carbonyl (C=O) groups is 1. The van der Waals surface area contributed by atoms with E-state index in [0.29, 0.717) is 41.6 Å². The van der Waals surface area contributed by atoms with Crippen molar-refractivity contribution in [1.82, 2.24) is 4.90 Å². The lowest BCUT2D eigenvalue weighted by Crippen LogP contribution is -2.49. The number of anilines is 1. The van der Waals surface area contributed by atoms with Gasteiger partial charge in [-0.1, -0.05) is 42.5 Å². The van der Waals surface area contributed by atoms with E-state index in [4.69, 9.17) is 9.47 Å². The Hall–Kier alpha value is -3.05. The summed E-state index contributed by atoms with van der Waals surface area (Å²) < 4.78 is 10.7. The quantitative estimate of drug-likeness (QED) is 0.684. The predicted molar refractivity (Wildman–Crippen MR) is 127 cm³/mol. The Labute approximate surface area is 189 Å². The van der Waals surface area contributed by atoms with E-state index in [-0.39, 0.29) is 5.91 Å². The SMILES string of the molecule is COc1ccc(C(=O)N2CCC(N3CCCC4C=CC=CC43)c3ccccc32)cc1OC. The van der Waals surface area contributed by atoms with Gasteiger partial charge < -0.3 is 14.4 Å². The molecular formula is C27H30N2O3. The topological polar surface area (TPSA) is 42.0 Å². The standard InChI is InChI=1S/C27H30N2O3/c1-31-25-14-13-20(18-26(25)32-2)27(30)29-17-15-24(21-10-4-6-12-23(21)29)28-16-7-9-19-8-3-5-11-22(19)28/h3-6,8,10-14,18-19,22,24H,7,9,15-17H2,1-2H3. The van der Waals surface area contributed by atoms with Gasteiger partial charge in [-0.2, -0.15) is 0 Å². The number of ether oxygens (including phenoxy) is 2. The highest BCUT2D eigenvalue weighted by atomic mass is 16.5. The first-order valence-electron chi connectivity index (χ1n) is 11.4. The molecule has 3 aliphatic rings. The number of methoxy groups -OCH3 is 2. The first kappa shape index (κ1) is 20.8. The normalized spacial score (nSPS) is 24.6. The summed E-state index contributed by atoms with van der Waals surface area (Å²) in [5.74, 6) is 1.77. The molecule has 3 unspecified atom stereocenters. The van der Waals surface area contributed by atoms with E-state index in [2.05, 4.69) is 47.4 Å². The monoisotopic (exact) mass is 430 g/mol. The minimum absolute atomic E-state index is 0.00568. The Bertz CT molecular complexity index is 1060. The van der Waals surface area contributed by atoms with Gasteiger partial charge in [0.25, 0.3) is 5.91 Å². The number of rotatable bonds is 4. The van der Waals surface area contributed by atoms with Gasteiger partial charge in [-0.05, 0) is 61.6 Å². The van der Waals surface area contributed by atoms with Gasteiger partial charge in [0.2, 0.25) is 0 Å². The number of para-hydroxylation sites is 1. The van der Waals surface area contributed by atoms with Gasteiger partial charge >= 0.3 is 0 Å². The average Bonchev–Trinajstić information content (AvgIpc) is 2.87. The number of hydrogen-bond acceptors (Lipinski definition) is 4. The largest absolute Gasteiger partial charge is 0.493 e. The molecule has 0 bridgehead atoms. The molecule has 2 aliphatic heterocycles. The third-order valence-electron chi connectivity index (χ3n) is 7.04. The number of amides is 1. The van der Waals surface area contributed by atoms with Gasteiger partial charge in [0.05, 0.1) is 14.2 Å². The van der Waals surface area contributed by atoms with Crippen LogP contribution in [0.15, 0.2) is 66.8 Å². The maximum absolute atomic E-state index is 13.5. The average molecular weight is 431 g/mol. The fourth-order valence-electron chi connectivity index (χ4n) is 5.51. The fraction of sp³-hybridized carbons (Fsp3) is 0.370. The number of likely N-dealkylation sites (tertiary alicyclic amines) is 1. The molecule has 32 heavy (non-hydrogen) atoms. The fourth-order valence-corrected chi connectivity index (χ4v) is 5.51. The van der Waals surface area contributed by atoms with Crippen LogP contribution in [-0.2, 0) is 0 Å². The van der Waals surface area contributed by atoms with E-state index in [1.807, 2.05) is 17.0 Å². The maximum Gasteiger partial charge on any atom is 0.258 e. The van der Waals surface area contributed by atoms with Crippen molar-refractivity contribution in [2.45, 2.75) is 31.3 Å².